The zero-order chi connectivity index (χ0) is 16.2. The lowest BCUT2D eigenvalue weighted by atomic mass is 9.87. The number of rotatable bonds is 3. The van der Waals surface area contributed by atoms with Crippen LogP contribution in [0.1, 0.15) is 50.7 Å². The van der Waals surface area contributed by atoms with E-state index in [0.717, 1.165) is 25.9 Å². The molecule has 1 aliphatic heterocycles. The highest BCUT2D eigenvalue weighted by atomic mass is 35.5. The minimum Gasteiger partial charge on any atom is -0.443 e. The third-order valence-electron chi connectivity index (χ3n) is 3.78. The van der Waals surface area contributed by atoms with Crippen molar-refractivity contribution in [1.29, 1.82) is 0 Å². The Morgan fingerprint density at radius 2 is 1.95 bits per heavy atom. The molecule has 1 N–H and O–H groups in total. The topological polar surface area (TPSA) is 41.6 Å². The average molecular weight is 325 g/mol. The molecule has 0 radical (unpaired) electrons. The van der Waals surface area contributed by atoms with E-state index in [1.165, 1.54) is 11.1 Å². The van der Waals surface area contributed by atoms with E-state index in [9.17, 15) is 4.79 Å². The van der Waals surface area contributed by atoms with Crippen LogP contribution in [0.5, 0.6) is 0 Å². The maximum absolute atomic E-state index is 11.8. The average Bonchev–Trinajstić information content (AvgIpc) is 2.46. The smallest absolute Gasteiger partial charge is 0.422 e. The highest BCUT2D eigenvalue weighted by Gasteiger charge is 2.24. The first-order chi connectivity index (χ1) is 10.4. The summed E-state index contributed by atoms with van der Waals surface area (Å²) in [5.74, 6) is 1.05. The van der Waals surface area contributed by atoms with Crippen molar-refractivity contribution in [2.45, 2.75) is 51.0 Å². The number of nitrogens with zero attached hydrogens (tertiary/aromatic N) is 1. The number of halogens is 1. The quantitative estimate of drug-likeness (QED) is 0.853. The van der Waals surface area contributed by atoms with Gasteiger partial charge < -0.3 is 4.74 Å². The van der Waals surface area contributed by atoms with Gasteiger partial charge in [-0.3, -0.25) is 5.43 Å². The van der Waals surface area contributed by atoms with Crippen LogP contribution in [0.4, 0.5) is 4.79 Å². The second-order valence-electron chi connectivity index (χ2n) is 6.71. The Bertz CT molecular complexity index is 506. The fraction of sp³-hybridized carbons (Fsp3) is 0.588. The number of hydrogen-bond acceptors (Lipinski definition) is 3. The van der Waals surface area contributed by atoms with Crippen molar-refractivity contribution < 1.29 is 9.53 Å². The second-order valence-corrected chi connectivity index (χ2v) is 6.97. The lowest BCUT2D eigenvalue weighted by Crippen LogP contribution is -2.48. The van der Waals surface area contributed by atoms with Crippen LogP contribution in [0, 0.1) is 0 Å². The fourth-order valence-corrected chi connectivity index (χ4v) is 3.03. The summed E-state index contributed by atoms with van der Waals surface area (Å²) in [5, 5.41) is 1.94. The molecular weight excluding hydrogens is 300 g/mol. The standard InChI is InChI=1S/C17H25ClN2O2/c1-17(2,3)22-16(21)19-20-10-8-13(9-11-20)15-7-5-4-6-14(15)12-18/h4-7,13H,8-12H2,1-3H3,(H,19,21). The van der Waals surface area contributed by atoms with E-state index < -0.39 is 5.60 Å². The van der Waals surface area contributed by atoms with E-state index >= 15 is 0 Å². The van der Waals surface area contributed by atoms with Gasteiger partial charge in [-0.1, -0.05) is 24.3 Å². The van der Waals surface area contributed by atoms with E-state index in [2.05, 4.69) is 23.6 Å². The number of benzene rings is 1. The van der Waals surface area contributed by atoms with Crippen LogP contribution in [0.3, 0.4) is 0 Å². The summed E-state index contributed by atoms with van der Waals surface area (Å²) in [6.07, 6.45) is 1.63. The first-order valence-electron chi connectivity index (χ1n) is 7.77. The SMILES string of the molecule is CC(C)(C)OC(=O)NN1CCC(c2ccccc2CCl)CC1. The van der Waals surface area contributed by atoms with Gasteiger partial charge in [-0.2, -0.15) is 0 Å². The van der Waals surface area contributed by atoms with Crippen molar-refractivity contribution in [3.63, 3.8) is 0 Å². The molecule has 22 heavy (non-hydrogen) atoms. The van der Waals surface area contributed by atoms with Crippen molar-refractivity contribution in [2.75, 3.05) is 13.1 Å². The summed E-state index contributed by atoms with van der Waals surface area (Å²) >= 11 is 6.03. The first kappa shape index (κ1) is 17.1. The van der Waals surface area contributed by atoms with Gasteiger partial charge in [0.1, 0.15) is 5.60 Å². The molecule has 1 amide bonds. The number of ether oxygens (including phenoxy) is 1. The van der Waals surface area contributed by atoms with Gasteiger partial charge in [-0.15, -0.1) is 11.6 Å². The van der Waals surface area contributed by atoms with E-state index in [1.807, 2.05) is 31.8 Å². The Labute approximate surface area is 137 Å². The Balaban J connectivity index is 1.87. The van der Waals surface area contributed by atoms with Crippen LogP contribution in [-0.4, -0.2) is 29.8 Å². The maximum Gasteiger partial charge on any atom is 0.422 e. The van der Waals surface area contributed by atoms with Crippen LogP contribution in [0.25, 0.3) is 0 Å². The minimum atomic E-state index is -0.471. The molecule has 2 rings (SSSR count). The molecule has 5 heteroatoms. The zero-order valence-corrected chi connectivity index (χ0v) is 14.3. The molecule has 0 saturated carbocycles. The van der Waals surface area contributed by atoms with Gasteiger partial charge in [0.2, 0.25) is 0 Å². The van der Waals surface area contributed by atoms with E-state index in [0.29, 0.717) is 11.8 Å². The number of carbonyl (C=O) groups is 1. The third kappa shape index (κ3) is 4.89. The molecule has 0 spiro atoms. The molecule has 0 unspecified atom stereocenters. The van der Waals surface area contributed by atoms with Gasteiger partial charge >= 0.3 is 6.09 Å². The van der Waals surface area contributed by atoms with Crippen molar-refractivity contribution in [3.05, 3.63) is 35.4 Å². The van der Waals surface area contributed by atoms with Crippen LogP contribution in [0.2, 0.25) is 0 Å². The summed E-state index contributed by atoms with van der Waals surface area (Å²) < 4.78 is 5.28. The number of nitrogens with one attached hydrogen (secondary N) is 1. The van der Waals surface area contributed by atoms with Crippen LogP contribution < -0.4 is 5.43 Å². The molecule has 0 aromatic heterocycles. The van der Waals surface area contributed by atoms with Crippen molar-refractivity contribution >= 4 is 17.7 Å². The highest BCUT2D eigenvalue weighted by molar-refractivity contribution is 6.17. The first-order valence-corrected chi connectivity index (χ1v) is 8.31. The predicted molar refractivity (Wildman–Crippen MR) is 88.9 cm³/mol. The molecule has 0 bridgehead atoms. The summed E-state index contributed by atoms with van der Waals surface area (Å²) in [6.45, 7) is 7.23. The van der Waals surface area contributed by atoms with E-state index in [1.54, 1.807) is 0 Å². The normalized spacial score (nSPS) is 17.3. The number of alkyl halides is 1. The van der Waals surface area contributed by atoms with Crippen molar-refractivity contribution in [3.8, 4) is 0 Å². The fourth-order valence-electron chi connectivity index (χ4n) is 2.79. The van der Waals surface area contributed by atoms with E-state index in [4.69, 9.17) is 16.3 Å². The summed E-state index contributed by atoms with van der Waals surface area (Å²) in [6, 6.07) is 8.35. The molecule has 0 aliphatic carbocycles. The predicted octanol–water partition coefficient (Wildman–Crippen LogP) is 4.04. The minimum absolute atomic E-state index is 0.382. The number of piperidine rings is 1. The largest absolute Gasteiger partial charge is 0.443 e. The van der Waals surface area contributed by atoms with Crippen molar-refractivity contribution in [2.24, 2.45) is 0 Å². The molecule has 1 saturated heterocycles. The van der Waals surface area contributed by atoms with Gasteiger partial charge in [0.25, 0.3) is 0 Å². The van der Waals surface area contributed by atoms with Crippen LogP contribution >= 0.6 is 11.6 Å². The van der Waals surface area contributed by atoms with E-state index in [-0.39, 0.29) is 6.09 Å². The molecule has 1 aromatic rings. The number of hydrogen-bond donors (Lipinski definition) is 1. The summed E-state index contributed by atoms with van der Waals surface area (Å²) in [4.78, 5) is 11.8. The molecule has 4 nitrogen and oxygen atoms in total. The molecule has 0 atom stereocenters. The Hall–Kier alpha value is -1.26. The van der Waals surface area contributed by atoms with Crippen molar-refractivity contribution in [1.82, 2.24) is 10.4 Å². The van der Waals surface area contributed by atoms with Crippen LogP contribution in [-0.2, 0) is 10.6 Å². The molecule has 122 valence electrons. The molecule has 1 heterocycles. The summed E-state index contributed by atoms with van der Waals surface area (Å²) in [5.41, 5.74) is 4.90. The van der Waals surface area contributed by atoms with Gasteiger partial charge in [0, 0.05) is 19.0 Å². The van der Waals surface area contributed by atoms with Gasteiger partial charge in [0.05, 0.1) is 0 Å². The van der Waals surface area contributed by atoms with Gasteiger partial charge in [-0.25, -0.2) is 9.80 Å². The zero-order valence-electron chi connectivity index (χ0n) is 13.6. The number of amides is 1. The van der Waals surface area contributed by atoms with Crippen LogP contribution in [0.15, 0.2) is 24.3 Å². The maximum atomic E-state index is 11.8. The lowest BCUT2D eigenvalue weighted by molar-refractivity contribution is 0.0286. The third-order valence-corrected chi connectivity index (χ3v) is 4.07. The molecule has 1 aromatic carbocycles. The number of carbonyl (C=O) groups excluding carboxylic acids is 1. The Morgan fingerprint density at radius 3 is 2.55 bits per heavy atom. The summed E-state index contributed by atoms with van der Waals surface area (Å²) in [7, 11) is 0. The lowest BCUT2D eigenvalue weighted by Gasteiger charge is -2.33. The molecular formula is C17H25ClN2O2. The van der Waals surface area contributed by atoms with Gasteiger partial charge in [0.15, 0.2) is 0 Å². The van der Waals surface area contributed by atoms with Gasteiger partial charge in [-0.05, 0) is 50.7 Å². The number of hydrazine groups is 1. The Kier molecular flexibility index (Phi) is 5.70. The molecule has 1 fully saturated rings. The molecule has 1 aliphatic rings. The highest BCUT2D eigenvalue weighted by Crippen LogP contribution is 2.30. The Morgan fingerprint density at radius 1 is 1.32 bits per heavy atom. The monoisotopic (exact) mass is 324 g/mol. The second kappa shape index (κ2) is 7.34.